The molecule has 0 saturated heterocycles. The van der Waals surface area contributed by atoms with Gasteiger partial charge in [0.1, 0.15) is 11.9 Å². The van der Waals surface area contributed by atoms with Crippen molar-refractivity contribution in [3.05, 3.63) is 101 Å². The number of nitrogens with one attached hydrogen (secondary N) is 1. The molecule has 35 heavy (non-hydrogen) atoms. The SMILES string of the molecule is C[C@H]1c2nc3ccccc3n2[C@H](CC(=O)NCCc2ccc(Cl)cc2)C(=O)N1Cc1ccccc1. The molecule has 6 nitrogen and oxygen atoms in total. The van der Waals surface area contributed by atoms with Gasteiger partial charge in [0.2, 0.25) is 11.8 Å². The molecule has 1 N–H and O–H groups in total. The summed E-state index contributed by atoms with van der Waals surface area (Å²) in [5.74, 6) is 0.584. The molecule has 0 saturated carbocycles. The monoisotopic (exact) mass is 486 g/mol. The Bertz CT molecular complexity index is 1350. The van der Waals surface area contributed by atoms with E-state index in [0.717, 1.165) is 28.0 Å². The van der Waals surface area contributed by atoms with Gasteiger partial charge in [-0.3, -0.25) is 9.59 Å². The van der Waals surface area contributed by atoms with Gasteiger partial charge in [0.25, 0.3) is 0 Å². The third kappa shape index (κ3) is 4.80. The van der Waals surface area contributed by atoms with Crippen LogP contribution >= 0.6 is 11.6 Å². The van der Waals surface area contributed by atoms with Crippen LogP contribution in [0.25, 0.3) is 11.0 Å². The van der Waals surface area contributed by atoms with Gasteiger partial charge in [-0.1, -0.05) is 66.2 Å². The quantitative estimate of drug-likeness (QED) is 0.396. The van der Waals surface area contributed by atoms with Gasteiger partial charge in [0.05, 0.1) is 23.5 Å². The van der Waals surface area contributed by atoms with Gasteiger partial charge < -0.3 is 14.8 Å². The minimum atomic E-state index is -0.646. The number of hydrogen-bond donors (Lipinski definition) is 1. The molecule has 3 aromatic carbocycles. The molecule has 4 aromatic rings. The van der Waals surface area contributed by atoms with Crippen LogP contribution in [0.4, 0.5) is 0 Å². The number of nitrogens with zero attached hydrogens (tertiary/aromatic N) is 3. The van der Waals surface area contributed by atoms with Crippen molar-refractivity contribution in [2.45, 2.75) is 38.4 Å². The Morgan fingerprint density at radius 3 is 2.46 bits per heavy atom. The largest absolute Gasteiger partial charge is 0.356 e. The summed E-state index contributed by atoms with van der Waals surface area (Å²) in [6, 6.07) is 24.4. The molecule has 1 aromatic heterocycles. The first kappa shape index (κ1) is 23.1. The van der Waals surface area contributed by atoms with Crippen molar-refractivity contribution in [3.8, 4) is 0 Å². The van der Waals surface area contributed by atoms with E-state index in [1.54, 1.807) is 0 Å². The van der Waals surface area contributed by atoms with Gasteiger partial charge in [-0.15, -0.1) is 0 Å². The lowest BCUT2D eigenvalue weighted by Gasteiger charge is -2.38. The fraction of sp³-hybridized carbons (Fsp3) is 0.250. The molecule has 5 rings (SSSR count). The molecule has 1 aliphatic rings. The number of amides is 2. The summed E-state index contributed by atoms with van der Waals surface area (Å²) < 4.78 is 1.96. The molecule has 2 heterocycles. The topological polar surface area (TPSA) is 67.2 Å². The normalized spacial score (nSPS) is 17.4. The average Bonchev–Trinajstić information content (AvgIpc) is 3.26. The highest BCUT2D eigenvalue weighted by atomic mass is 35.5. The Hall–Kier alpha value is -3.64. The van der Waals surface area contributed by atoms with E-state index in [-0.39, 0.29) is 24.3 Å². The highest BCUT2D eigenvalue weighted by Gasteiger charge is 2.40. The Morgan fingerprint density at radius 1 is 0.971 bits per heavy atom. The summed E-state index contributed by atoms with van der Waals surface area (Å²) in [5.41, 5.74) is 3.84. The molecule has 2 amide bonds. The highest BCUT2D eigenvalue weighted by Crippen LogP contribution is 2.37. The van der Waals surface area contributed by atoms with E-state index in [1.807, 2.05) is 95.3 Å². The first-order valence-electron chi connectivity index (χ1n) is 11.8. The van der Waals surface area contributed by atoms with Gasteiger partial charge in [-0.05, 0) is 48.7 Å². The number of carbonyl (C=O) groups excluding carboxylic acids is 2. The third-order valence-corrected chi connectivity index (χ3v) is 6.82. The zero-order valence-electron chi connectivity index (χ0n) is 19.5. The number of benzene rings is 3. The number of halogens is 1. The molecule has 0 bridgehead atoms. The molecule has 0 fully saturated rings. The van der Waals surface area contributed by atoms with Crippen LogP contribution in [0, 0.1) is 0 Å². The van der Waals surface area contributed by atoms with E-state index >= 15 is 0 Å². The second-order valence-electron chi connectivity index (χ2n) is 8.90. The zero-order valence-corrected chi connectivity index (χ0v) is 20.3. The maximum absolute atomic E-state index is 13.8. The molecular formula is C28H27ClN4O2. The molecule has 1 aliphatic heterocycles. The summed E-state index contributed by atoms with van der Waals surface area (Å²) >= 11 is 5.95. The maximum Gasteiger partial charge on any atom is 0.247 e. The molecule has 7 heteroatoms. The lowest BCUT2D eigenvalue weighted by atomic mass is 10.0. The molecular weight excluding hydrogens is 460 g/mol. The molecule has 0 spiro atoms. The molecule has 0 unspecified atom stereocenters. The van der Waals surface area contributed by atoms with Gasteiger partial charge in [-0.2, -0.15) is 0 Å². The van der Waals surface area contributed by atoms with Crippen molar-refractivity contribution in [1.82, 2.24) is 19.8 Å². The number of hydrogen-bond acceptors (Lipinski definition) is 3. The third-order valence-electron chi connectivity index (χ3n) is 6.57. The average molecular weight is 487 g/mol. The Kier molecular flexibility index (Phi) is 6.55. The Morgan fingerprint density at radius 2 is 1.69 bits per heavy atom. The lowest BCUT2D eigenvalue weighted by Crippen LogP contribution is -2.46. The predicted molar refractivity (Wildman–Crippen MR) is 137 cm³/mol. The lowest BCUT2D eigenvalue weighted by molar-refractivity contribution is -0.142. The number of para-hydroxylation sites is 2. The zero-order chi connectivity index (χ0) is 24.4. The maximum atomic E-state index is 13.8. The van der Waals surface area contributed by atoms with Gasteiger partial charge >= 0.3 is 0 Å². The minimum Gasteiger partial charge on any atom is -0.356 e. The van der Waals surface area contributed by atoms with Crippen molar-refractivity contribution in [2.75, 3.05) is 6.54 Å². The number of imidazole rings is 1. The summed E-state index contributed by atoms with van der Waals surface area (Å²) in [5, 5.41) is 3.67. The van der Waals surface area contributed by atoms with Crippen LogP contribution in [0.1, 0.15) is 42.4 Å². The Balaban J connectivity index is 1.38. The van der Waals surface area contributed by atoms with Gasteiger partial charge in [-0.25, -0.2) is 4.98 Å². The fourth-order valence-electron chi connectivity index (χ4n) is 4.74. The minimum absolute atomic E-state index is 0.0603. The molecule has 2 atom stereocenters. The number of carbonyl (C=O) groups is 2. The molecule has 0 radical (unpaired) electrons. The van der Waals surface area contributed by atoms with Crippen molar-refractivity contribution in [2.24, 2.45) is 0 Å². The van der Waals surface area contributed by atoms with Gasteiger partial charge in [0, 0.05) is 18.1 Å². The summed E-state index contributed by atoms with van der Waals surface area (Å²) in [4.78, 5) is 33.5. The van der Waals surface area contributed by atoms with E-state index in [1.165, 1.54) is 0 Å². The number of fused-ring (bicyclic) bond motifs is 3. The standard InChI is InChI=1S/C28H27ClN4O2/c1-19-27-31-23-9-5-6-10-24(23)33(27)25(28(35)32(19)18-21-7-3-2-4-8-21)17-26(34)30-16-15-20-11-13-22(29)14-12-20/h2-14,19,25H,15-18H2,1H3,(H,30,34)/t19-,25+/m0/s1. The van der Waals surface area contributed by atoms with E-state index < -0.39 is 6.04 Å². The molecule has 0 aliphatic carbocycles. The van der Waals surface area contributed by atoms with Gasteiger partial charge in [0.15, 0.2) is 0 Å². The van der Waals surface area contributed by atoms with Crippen LogP contribution < -0.4 is 5.32 Å². The summed E-state index contributed by atoms with van der Waals surface area (Å²) in [6.07, 6.45) is 0.753. The number of aromatic nitrogens is 2. The van der Waals surface area contributed by atoms with E-state index in [0.29, 0.717) is 24.5 Å². The first-order chi connectivity index (χ1) is 17.0. The van der Waals surface area contributed by atoms with Crippen LogP contribution in [-0.2, 0) is 22.6 Å². The Labute approximate surface area is 209 Å². The predicted octanol–water partition coefficient (Wildman–Crippen LogP) is 5.08. The van der Waals surface area contributed by atoms with Crippen LogP contribution in [0.2, 0.25) is 5.02 Å². The first-order valence-corrected chi connectivity index (χ1v) is 12.2. The summed E-state index contributed by atoms with van der Waals surface area (Å²) in [6.45, 7) is 2.96. The molecule has 178 valence electrons. The number of rotatable bonds is 7. The van der Waals surface area contributed by atoms with Crippen LogP contribution in [-0.4, -0.2) is 32.8 Å². The van der Waals surface area contributed by atoms with E-state index in [9.17, 15) is 9.59 Å². The van der Waals surface area contributed by atoms with E-state index in [2.05, 4.69) is 5.32 Å². The van der Waals surface area contributed by atoms with Crippen molar-refractivity contribution < 1.29 is 9.59 Å². The van der Waals surface area contributed by atoms with Crippen molar-refractivity contribution in [1.29, 1.82) is 0 Å². The summed E-state index contributed by atoms with van der Waals surface area (Å²) in [7, 11) is 0. The van der Waals surface area contributed by atoms with Crippen molar-refractivity contribution in [3.63, 3.8) is 0 Å². The van der Waals surface area contributed by atoms with Crippen molar-refractivity contribution >= 4 is 34.4 Å². The highest BCUT2D eigenvalue weighted by molar-refractivity contribution is 6.30. The van der Waals surface area contributed by atoms with Crippen LogP contribution in [0.3, 0.4) is 0 Å². The second-order valence-corrected chi connectivity index (χ2v) is 9.34. The smallest absolute Gasteiger partial charge is 0.247 e. The van der Waals surface area contributed by atoms with Crippen LogP contribution in [0.15, 0.2) is 78.9 Å². The van der Waals surface area contributed by atoms with E-state index in [4.69, 9.17) is 16.6 Å². The van der Waals surface area contributed by atoms with Crippen LogP contribution in [0.5, 0.6) is 0 Å². The second kappa shape index (κ2) is 9.92. The fourth-order valence-corrected chi connectivity index (χ4v) is 4.86.